The van der Waals surface area contributed by atoms with Crippen LogP contribution in [0.1, 0.15) is 32.8 Å². The van der Waals surface area contributed by atoms with Crippen LogP contribution >= 0.6 is 0 Å². The lowest BCUT2D eigenvalue weighted by Gasteiger charge is -2.42. The van der Waals surface area contributed by atoms with Crippen molar-refractivity contribution >= 4 is 8.32 Å². The number of hydrogen-bond acceptors (Lipinski definition) is 4. The fraction of sp³-hybridized carbons (Fsp3) is 0.619. The summed E-state index contributed by atoms with van der Waals surface area (Å²) in [5.74, 6) is 0. The fourth-order valence-electron chi connectivity index (χ4n) is 3.53. The highest BCUT2D eigenvalue weighted by Gasteiger charge is 2.39. The summed E-state index contributed by atoms with van der Waals surface area (Å²) in [5, 5.41) is 9.82. The lowest BCUT2D eigenvalue weighted by atomic mass is 9.97. The van der Waals surface area contributed by atoms with Gasteiger partial charge in [-0.15, -0.1) is 0 Å². The smallest absolute Gasteiger partial charge is 0.192 e. The van der Waals surface area contributed by atoms with Gasteiger partial charge in [-0.1, -0.05) is 57.7 Å². The molecule has 1 aromatic rings. The Hall–Kier alpha value is -0.983. The second-order valence-electron chi connectivity index (χ2n) is 7.11. The molecule has 0 aliphatic carbocycles. The molecule has 1 saturated heterocycles. The molecule has 0 spiro atoms. The van der Waals surface area contributed by atoms with Crippen molar-refractivity contribution in [3.8, 4) is 0 Å². The van der Waals surface area contributed by atoms with E-state index in [-0.39, 0.29) is 24.9 Å². The summed E-state index contributed by atoms with van der Waals surface area (Å²) < 4.78 is 18.5. The highest BCUT2D eigenvalue weighted by atomic mass is 28.4. The molecule has 26 heavy (non-hydrogen) atoms. The molecule has 1 heterocycles. The zero-order valence-corrected chi connectivity index (χ0v) is 17.4. The molecule has 0 radical (unpaired) electrons. The minimum Gasteiger partial charge on any atom is -0.411 e. The highest BCUT2D eigenvalue weighted by molar-refractivity contribution is 6.73. The SMILES string of the molecule is C=C1C[C@H](O[Si](CC)(CC)CC)[C@@H](CO)O[C@H]1COCc1ccccc1. The molecule has 0 saturated carbocycles. The lowest BCUT2D eigenvalue weighted by Crippen LogP contribution is -2.51. The van der Waals surface area contributed by atoms with Crippen molar-refractivity contribution < 1.29 is 19.0 Å². The first-order valence-electron chi connectivity index (χ1n) is 9.80. The molecule has 5 heteroatoms. The maximum atomic E-state index is 9.82. The number of ether oxygens (including phenoxy) is 2. The van der Waals surface area contributed by atoms with Gasteiger partial charge in [-0.3, -0.25) is 0 Å². The molecule has 3 atom stereocenters. The van der Waals surface area contributed by atoms with Gasteiger partial charge in [0.1, 0.15) is 12.2 Å². The molecule has 1 aromatic carbocycles. The minimum absolute atomic E-state index is 0.0330. The summed E-state index contributed by atoms with van der Waals surface area (Å²) in [4.78, 5) is 0. The topological polar surface area (TPSA) is 47.9 Å². The Bertz CT molecular complexity index is 536. The second-order valence-corrected chi connectivity index (χ2v) is 11.8. The molecule has 2 rings (SSSR count). The van der Waals surface area contributed by atoms with Crippen LogP contribution in [0.5, 0.6) is 0 Å². The van der Waals surface area contributed by atoms with Gasteiger partial charge in [0.25, 0.3) is 0 Å². The van der Waals surface area contributed by atoms with Gasteiger partial charge in [-0.05, 0) is 35.7 Å². The average molecular weight is 379 g/mol. The summed E-state index contributed by atoms with van der Waals surface area (Å²) in [7, 11) is -1.75. The van der Waals surface area contributed by atoms with Gasteiger partial charge in [-0.25, -0.2) is 0 Å². The molecule has 4 nitrogen and oxygen atoms in total. The van der Waals surface area contributed by atoms with Crippen LogP contribution in [0.25, 0.3) is 0 Å². The Morgan fingerprint density at radius 1 is 1.15 bits per heavy atom. The van der Waals surface area contributed by atoms with E-state index in [0.29, 0.717) is 13.2 Å². The molecule has 0 amide bonds. The van der Waals surface area contributed by atoms with Crippen molar-refractivity contribution in [3.05, 3.63) is 48.0 Å². The molecule has 1 aliphatic rings. The van der Waals surface area contributed by atoms with E-state index in [4.69, 9.17) is 13.9 Å². The predicted octanol–water partition coefficient (Wildman–Crippen LogP) is 4.30. The number of aliphatic hydroxyl groups is 1. The van der Waals surface area contributed by atoms with Gasteiger partial charge < -0.3 is 19.0 Å². The monoisotopic (exact) mass is 378 g/mol. The molecule has 1 aliphatic heterocycles. The van der Waals surface area contributed by atoms with Crippen LogP contribution in [0.2, 0.25) is 18.1 Å². The maximum absolute atomic E-state index is 9.82. The Morgan fingerprint density at radius 2 is 1.81 bits per heavy atom. The van der Waals surface area contributed by atoms with E-state index in [2.05, 4.69) is 27.4 Å². The van der Waals surface area contributed by atoms with Crippen LogP contribution in [0.4, 0.5) is 0 Å². The molecule has 146 valence electrons. The van der Waals surface area contributed by atoms with E-state index in [0.717, 1.165) is 35.7 Å². The zero-order valence-electron chi connectivity index (χ0n) is 16.4. The molecular formula is C21H34O4Si. The summed E-state index contributed by atoms with van der Waals surface area (Å²) in [6.45, 7) is 11.8. The number of rotatable bonds is 10. The summed E-state index contributed by atoms with van der Waals surface area (Å²) >= 11 is 0. The van der Waals surface area contributed by atoms with Crippen LogP contribution in [0.15, 0.2) is 42.5 Å². The fourth-order valence-corrected chi connectivity index (χ4v) is 6.41. The Morgan fingerprint density at radius 3 is 2.38 bits per heavy atom. The first kappa shape index (κ1) is 21.3. The first-order chi connectivity index (χ1) is 12.6. The second kappa shape index (κ2) is 10.4. The Balaban J connectivity index is 1.91. The lowest BCUT2D eigenvalue weighted by molar-refractivity contribution is -0.124. The zero-order chi connectivity index (χ0) is 19.0. The van der Waals surface area contributed by atoms with Crippen molar-refractivity contribution in [2.45, 2.75) is 70.2 Å². The predicted molar refractivity (Wildman–Crippen MR) is 108 cm³/mol. The number of hydrogen-bond donors (Lipinski definition) is 1. The van der Waals surface area contributed by atoms with Crippen molar-refractivity contribution in [1.82, 2.24) is 0 Å². The third-order valence-electron chi connectivity index (χ3n) is 5.57. The molecule has 1 N–H and O–H groups in total. The largest absolute Gasteiger partial charge is 0.411 e. The van der Waals surface area contributed by atoms with E-state index >= 15 is 0 Å². The maximum Gasteiger partial charge on any atom is 0.192 e. The van der Waals surface area contributed by atoms with Gasteiger partial charge in [0, 0.05) is 0 Å². The van der Waals surface area contributed by atoms with Crippen molar-refractivity contribution in [2.75, 3.05) is 13.2 Å². The van der Waals surface area contributed by atoms with E-state index in [1.807, 2.05) is 30.3 Å². The van der Waals surface area contributed by atoms with Crippen LogP contribution < -0.4 is 0 Å². The van der Waals surface area contributed by atoms with Gasteiger partial charge in [0.15, 0.2) is 8.32 Å². The minimum atomic E-state index is -1.75. The highest BCUT2D eigenvalue weighted by Crippen LogP contribution is 2.32. The van der Waals surface area contributed by atoms with Crippen molar-refractivity contribution in [3.63, 3.8) is 0 Å². The first-order valence-corrected chi connectivity index (χ1v) is 12.3. The van der Waals surface area contributed by atoms with Gasteiger partial charge >= 0.3 is 0 Å². The normalized spacial score (nSPS) is 24.0. The molecule has 0 unspecified atom stereocenters. The van der Waals surface area contributed by atoms with Gasteiger partial charge in [0.2, 0.25) is 0 Å². The van der Waals surface area contributed by atoms with E-state index < -0.39 is 8.32 Å². The van der Waals surface area contributed by atoms with Crippen molar-refractivity contribution in [2.24, 2.45) is 0 Å². The van der Waals surface area contributed by atoms with Gasteiger partial charge in [-0.2, -0.15) is 0 Å². The Kier molecular flexibility index (Phi) is 8.51. The summed E-state index contributed by atoms with van der Waals surface area (Å²) in [6.07, 6.45) is 0.155. The van der Waals surface area contributed by atoms with Crippen LogP contribution in [0, 0.1) is 0 Å². The number of aliphatic hydroxyl groups excluding tert-OH is 1. The van der Waals surface area contributed by atoms with E-state index in [9.17, 15) is 5.11 Å². The van der Waals surface area contributed by atoms with Crippen LogP contribution in [-0.2, 0) is 20.5 Å². The molecule has 0 bridgehead atoms. The quantitative estimate of drug-likeness (QED) is 0.487. The molecule has 0 aromatic heterocycles. The van der Waals surface area contributed by atoms with Crippen LogP contribution in [0.3, 0.4) is 0 Å². The third kappa shape index (κ3) is 5.51. The standard InChI is InChI=1S/C21H34O4Si/c1-5-26(6-2,7-3)25-19-13-17(4)21(24-20(19)14-22)16-23-15-18-11-9-8-10-12-18/h8-12,19-22H,4-7,13-16H2,1-3H3/t19-,20+,21-/m0/s1. The van der Waals surface area contributed by atoms with Crippen LogP contribution in [-0.4, -0.2) is 44.9 Å². The third-order valence-corrected chi connectivity index (χ3v) is 10.2. The molecular weight excluding hydrogens is 344 g/mol. The van der Waals surface area contributed by atoms with E-state index in [1.54, 1.807) is 0 Å². The van der Waals surface area contributed by atoms with Crippen molar-refractivity contribution in [1.29, 1.82) is 0 Å². The van der Waals surface area contributed by atoms with E-state index in [1.165, 1.54) is 0 Å². The van der Waals surface area contributed by atoms with Gasteiger partial charge in [0.05, 0.1) is 25.9 Å². The molecule has 1 fully saturated rings. The summed E-state index contributed by atoms with van der Waals surface area (Å²) in [5.41, 5.74) is 2.14. The number of benzene rings is 1. The Labute approximate surface area is 159 Å². The summed E-state index contributed by atoms with van der Waals surface area (Å²) in [6, 6.07) is 13.4. The average Bonchev–Trinajstić information content (AvgIpc) is 2.68.